The molecule has 0 bridgehead atoms. The van der Waals surface area contributed by atoms with Crippen molar-refractivity contribution in [2.24, 2.45) is 5.41 Å². The van der Waals surface area contributed by atoms with Gasteiger partial charge in [0.1, 0.15) is 5.78 Å². The minimum atomic E-state index is -0.0200. The fourth-order valence-corrected chi connectivity index (χ4v) is 3.32. The number of Topliss-reactive ketones (excluding diaryl/α,β-unsaturated/α-hetero) is 1. The van der Waals surface area contributed by atoms with E-state index in [0.717, 1.165) is 12.8 Å². The summed E-state index contributed by atoms with van der Waals surface area (Å²) in [5.74, 6) is 0.492. The highest BCUT2D eigenvalue weighted by atomic mass is 16.5. The number of carbonyl (C=O) groups excluding carboxylic acids is 1. The predicted octanol–water partition coefficient (Wildman–Crippen LogP) is 2.85. The SMILES string of the molecule is O=C1CC(OC2CCC2)C12CCCCC2. The fourth-order valence-electron chi connectivity index (χ4n) is 3.32. The van der Waals surface area contributed by atoms with E-state index in [1.165, 1.54) is 38.5 Å². The second-order valence-electron chi connectivity index (χ2n) is 5.52. The third-order valence-electron chi connectivity index (χ3n) is 4.70. The molecular weight excluding hydrogens is 188 g/mol. The minimum absolute atomic E-state index is 0.0200. The summed E-state index contributed by atoms with van der Waals surface area (Å²) in [4.78, 5) is 11.8. The molecule has 1 atom stereocenters. The van der Waals surface area contributed by atoms with Crippen LogP contribution in [0.4, 0.5) is 0 Å². The predicted molar refractivity (Wildman–Crippen MR) is 57.7 cm³/mol. The molecule has 0 heterocycles. The summed E-state index contributed by atoms with van der Waals surface area (Å²) < 4.78 is 6.07. The van der Waals surface area contributed by atoms with Gasteiger partial charge in [-0.15, -0.1) is 0 Å². The van der Waals surface area contributed by atoms with Gasteiger partial charge in [-0.3, -0.25) is 4.79 Å². The Labute approximate surface area is 91.4 Å². The topological polar surface area (TPSA) is 26.3 Å². The lowest BCUT2D eigenvalue weighted by molar-refractivity contribution is -0.184. The van der Waals surface area contributed by atoms with E-state index in [1.807, 2.05) is 0 Å². The molecule has 3 rings (SSSR count). The molecule has 3 fully saturated rings. The summed E-state index contributed by atoms with van der Waals surface area (Å²) >= 11 is 0. The normalized spacial score (nSPS) is 34.9. The average Bonchev–Trinajstić information content (AvgIpc) is 2.22. The second-order valence-corrected chi connectivity index (χ2v) is 5.52. The van der Waals surface area contributed by atoms with Crippen LogP contribution in [0.25, 0.3) is 0 Å². The van der Waals surface area contributed by atoms with Gasteiger partial charge in [0.25, 0.3) is 0 Å². The summed E-state index contributed by atoms with van der Waals surface area (Å²) in [6.07, 6.45) is 11.2. The van der Waals surface area contributed by atoms with Crippen LogP contribution < -0.4 is 0 Å². The summed E-state index contributed by atoms with van der Waals surface area (Å²) in [5, 5.41) is 0. The van der Waals surface area contributed by atoms with Gasteiger partial charge in [0.05, 0.1) is 17.6 Å². The molecule has 2 nitrogen and oxygen atoms in total. The maximum absolute atomic E-state index is 11.8. The van der Waals surface area contributed by atoms with Gasteiger partial charge in [0.15, 0.2) is 0 Å². The third kappa shape index (κ3) is 1.45. The monoisotopic (exact) mass is 208 g/mol. The summed E-state index contributed by atoms with van der Waals surface area (Å²) in [6, 6.07) is 0. The van der Waals surface area contributed by atoms with Crippen molar-refractivity contribution in [3.63, 3.8) is 0 Å². The molecular formula is C13H20O2. The summed E-state index contributed by atoms with van der Waals surface area (Å²) in [5.41, 5.74) is -0.0200. The highest BCUT2D eigenvalue weighted by molar-refractivity contribution is 5.92. The summed E-state index contributed by atoms with van der Waals surface area (Å²) in [6.45, 7) is 0. The van der Waals surface area contributed by atoms with E-state index < -0.39 is 0 Å². The molecule has 84 valence electrons. The molecule has 1 spiro atoms. The lowest BCUT2D eigenvalue weighted by Crippen LogP contribution is -2.57. The number of carbonyl (C=O) groups is 1. The van der Waals surface area contributed by atoms with Crippen molar-refractivity contribution >= 4 is 5.78 Å². The molecule has 0 amide bonds. The lowest BCUT2D eigenvalue weighted by atomic mass is 9.57. The number of hydrogen-bond acceptors (Lipinski definition) is 2. The molecule has 3 aliphatic carbocycles. The van der Waals surface area contributed by atoms with Crippen LogP contribution in [0, 0.1) is 5.41 Å². The zero-order valence-corrected chi connectivity index (χ0v) is 9.34. The average molecular weight is 208 g/mol. The number of ketones is 1. The molecule has 0 radical (unpaired) electrons. The van der Waals surface area contributed by atoms with Gasteiger partial charge in [-0.25, -0.2) is 0 Å². The first-order valence-corrected chi connectivity index (χ1v) is 6.50. The largest absolute Gasteiger partial charge is 0.373 e. The molecule has 2 heteroatoms. The van der Waals surface area contributed by atoms with Gasteiger partial charge in [-0.05, 0) is 32.1 Å². The Morgan fingerprint density at radius 1 is 1.07 bits per heavy atom. The standard InChI is InChI=1S/C13H20O2/c14-11-9-12(15-10-5-4-6-10)13(11)7-2-1-3-8-13/h10,12H,1-9H2. The highest BCUT2D eigenvalue weighted by Crippen LogP contribution is 2.51. The Kier molecular flexibility index (Phi) is 2.35. The quantitative estimate of drug-likeness (QED) is 0.697. The summed E-state index contributed by atoms with van der Waals surface area (Å²) in [7, 11) is 0. The van der Waals surface area contributed by atoms with Crippen molar-refractivity contribution < 1.29 is 9.53 Å². The smallest absolute Gasteiger partial charge is 0.144 e. The van der Waals surface area contributed by atoms with Crippen molar-refractivity contribution in [1.29, 1.82) is 0 Å². The van der Waals surface area contributed by atoms with Gasteiger partial charge in [-0.2, -0.15) is 0 Å². The van der Waals surface area contributed by atoms with Gasteiger partial charge in [0.2, 0.25) is 0 Å². The molecule has 0 aliphatic heterocycles. The van der Waals surface area contributed by atoms with E-state index in [0.29, 0.717) is 18.3 Å². The Bertz CT molecular complexity index is 262. The van der Waals surface area contributed by atoms with Crippen LogP contribution in [0.3, 0.4) is 0 Å². The van der Waals surface area contributed by atoms with Crippen LogP contribution in [0.5, 0.6) is 0 Å². The molecule has 3 saturated carbocycles. The highest BCUT2D eigenvalue weighted by Gasteiger charge is 2.56. The molecule has 0 aromatic carbocycles. The maximum Gasteiger partial charge on any atom is 0.144 e. The minimum Gasteiger partial charge on any atom is -0.373 e. The van der Waals surface area contributed by atoms with Crippen LogP contribution in [0.2, 0.25) is 0 Å². The van der Waals surface area contributed by atoms with Gasteiger partial charge in [-0.1, -0.05) is 19.3 Å². The Morgan fingerprint density at radius 2 is 1.80 bits per heavy atom. The maximum atomic E-state index is 11.8. The van der Waals surface area contributed by atoms with Crippen molar-refractivity contribution in [3.8, 4) is 0 Å². The first kappa shape index (κ1) is 9.83. The van der Waals surface area contributed by atoms with Crippen LogP contribution in [-0.2, 0) is 9.53 Å². The van der Waals surface area contributed by atoms with Crippen molar-refractivity contribution in [2.45, 2.75) is 70.0 Å². The van der Waals surface area contributed by atoms with Crippen LogP contribution in [0.15, 0.2) is 0 Å². The zero-order chi connectivity index (χ0) is 10.3. The molecule has 0 aromatic rings. The fraction of sp³-hybridized carbons (Fsp3) is 0.923. The lowest BCUT2D eigenvalue weighted by Gasteiger charge is -2.51. The van der Waals surface area contributed by atoms with Crippen LogP contribution >= 0.6 is 0 Å². The number of ether oxygens (including phenoxy) is 1. The second kappa shape index (κ2) is 3.58. The van der Waals surface area contributed by atoms with Gasteiger partial charge >= 0.3 is 0 Å². The first-order chi connectivity index (χ1) is 7.31. The van der Waals surface area contributed by atoms with E-state index in [2.05, 4.69) is 0 Å². The van der Waals surface area contributed by atoms with E-state index in [1.54, 1.807) is 0 Å². The van der Waals surface area contributed by atoms with Crippen LogP contribution in [-0.4, -0.2) is 18.0 Å². The molecule has 1 unspecified atom stereocenters. The van der Waals surface area contributed by atoms with Gasteiger partial charge < -0.3 is 4.74 Å². The Balaban J connectivity index is 1.65. The molecule has 0 aromatic heterocycles. The molecule has 3 aliphatic rings. The van der Waals surface area contributed by atoms with E-state index in [9.17, 15) is 4.79 Å². The molecule has 0 saturated heterocycles. The zero-order valence-electron chi connectivity index (χ0n) is 9.34. The van der Waals surface area contributed by atoms with Crippen molar-refractivity contribution in [1.82, 2.24) is 0 Å². The van der Waals surface area contributed by atoms with Crippen molar-refractivity contribution in [2.75, 3.05) is 0 Å². The third-order valence-corrected chi connectivity index (χ3v) is 4.70. The Morgan fingerprint density at radius 3 is 2.33 bits per heavy atom. The number of hydrogen-bond donors (Lipinski definition) is 0. The van der Waals surface area contributed by atoms with Gasteiger partial charge in [0, 0.05) is 6.42 Å². The Hall–Kier alpha value is -0.370. The molecule has 15 heavy (non-hydrogen) atoms. The van der Waals surface area contributed by atoms with E-state index in [-0.39, 0.29) is 11.5 Å². The van der Waals surface area contributed by atoms with E-state index in [4.69, 9.17) is 4.74 Å². The van der Waals surface area contributed by atoms with Crippen LogP contribution in [0.1, 0.15) is 57.8 Å². The molecule has 0 N–H and O–H groups in total. The number of rotatable bonds is 2. The van der Waals surface area contributed by atoms with Crippen molar-refractivity contribution in [3.05, 3.63) is 0 Å². The first-order valence-electron chi connectivity index (χ1n) is 6.50. The van der Waals surface area contributed by atoms with E-state index >= 15 is 0 Å².